The van der Waals surface area contributed by atoms with Crippen LogP contribution in [0.25, 0.3) is 0 Å². The third-order valence-corrected chi connectivity index (χ3v) is 3.85. The van der Waals surface area contributed by atoms with Crippen LogP contribution >= 0.6 is 0 Å². The first kappa shape index (κ1) is 16.3. The van der Waals surface area contributed by atoms with Crippen molar-refractivity contribution < 1.29 is 13.5 Å². The largest absolute Gasteiger partial charge is 0.374 e. The molecule has 0 amide bonds. The summed E-state index contributed by atoms with van der Waals surface area (Å²) in [6.45, 7) is 5.31. The molecule has 0 saturated carbocycles. The van der Waals surface area contributed by atoms with Crippen LogP contribution in [0.5, 0.6) is 0 Å². The van der Waals surface area contributed by atoms with Crippen molar-refractivity contribution in [2.75, 3.05) is 33.3 Å². The fourth-order valence-electron chi connectivity index (χ4n) is 2.66. The van der Waals surface area contributed by atoms with E-state index in [1.54, 1.807) is 0 Å². The molecule has 2 rings (SSSR count). The zero-order chi connectivity index (χ0) is 15.2. The Kier molecular flexibility index (Phi) is 6.08. The van der Waals surface area contributed by atoms with E-state index in [-0.39, 0.29) is 18.0 Å². The maximum absolute atomic E-state index is 13.9. The van der Waals surface area contributed by atoms with E-state index in [0.29, 0.717) is 18.6 Å². The minimum absolute atomic E-state index is 0.00188. The van der Waals surface area contributed by atoms with E-state index in [4.69, 9.17) is 4.74 Å². The number of nitrogens with zero attached hydrogens (tertiary/aromatic N) is 1. The van der Waals surface area contributed by atoms with E-state index in [1.165, 1.54) is 12.1 Å². The number of likely N-dealkylation sites (N-methyl/N-ethyl adjacent to an activating group) is 1. The van der Waals surface area contributed by atoms with Crippen molar-refractivity contribution >= 4 is 0 Å². The van der Waals surface area contributed by atoms with Crippen molar-refractivity contribution in [3.63, 3.8) is 0 Å². The average molecular weight is 298 g/mol. The molecule has 0 aliphatic carbocycles. The topological polar surface area (TPSA) is 24.5 Å². The van der Waals surface area contributed by atoms with Crippen molar-refractivity contribution in [3.05, 3.63) is 35.4 Å². The lowest BCUT2D eigenvalue weighted by atomic mass is 9.99. The molecule has 1 saturated heterocycles. The zero-order valence-electron chi connectivity index (χ0n) is 12.7. The van der Waals surface area contributed by atoms with Gasteiger partial charge in [0.1, 0.15) is 11.6 Å². The highest BCUT2D eigenvalue weighted by Crippen LogP contribution is 2.16. The fraction of sp³-hybridized carbons (Fsp3) is 0.625. The summed E-state index contributed by atoms with van der Waals surface area (Å²) in [5, 5.41) is 3.41. The van der Waals surface area contributed by atoms with Crippen LogP contribution in [0.3, 0.4) is 0 Å². The van der Waals surface area contributed by atoms with E-state index >= 15 is 0 Å². The molecule has 5 heteroatoms. The van der Waals surface area contributed by atoms with Crippen LogP contribution in [-0.4, -0.2) is 50.3 Å². The van der Waals surface area contributed by atoms with Gasteiger partial charge in [0.15, 0.2) is 0 Å². The van der Waals surface area contributed by atoms with E-state index < -0.39 is 5.82 Å². The van der Waals surface area contributed by atoms with Crippen molar-refractivity contribution in [1.82, 2.24) is 10.2 Å². The highest BCUT2D eigenvalue weighted by molar-refractivity contribution is 5.20. The van der Waals surface area contributed by atoms with Crippen LogP contribution < -0.4 is 5.32 Å². The van der Waals surface area contributed by atoms with Gasteiger partial charge in [-0.05, 0) is 50.2 Å². The van der Waals surface area contributed by atoms with Crippen molar-refractivity contribution in [3.8, 4) is 0 Å². The van der Waals surface area contributed by atoms with Crippen LogP contribution in [0.2, 0.25) is 0 Å². The second-order valence-corrected chi connectivity index (χ2v) is 5.67. The maximum atomic E-state index is 13.9. The summed E-state index contributed by atoms with van der Waals surface area (Å²) >= 11 is 0. The Morgan fingerprint density at radius 1 is 1.43 bits per heavy atom. The number of ether oxygens (including phenoxy) is 1. The SMILES string of the molecule is CCCNC(Cc1cc(F)ccc1F)C1CN(C)CCO1. The molecule has 1 fully saturated rings. The fourth-order valence-corrected chi connectivity index (χ4v) is 2.66. The minimum atomic E-state index is -0.401. The van der Waals surface area contributed by atoms with Gasteiger partial charge in [0.2, 0.25) is 0 Å². The summed E-state index contributed by atoms with van der Waals surface area (Å²) in [6, 6.07) is 3.61. The van der Waals surface area contributed by atoms with Gasteiger partial charge in [0, 0.05) is 19.1 Å². The van der Waals surface area contributed by atoms with E-state index in [1.807, 2.05) is 0 Å². The number of nitrogens with one attached hydrogen (secondary N) is 1. The molecule has 3 nitrogen and oxygen atoms in total. The Hall–Kier alpha value is -1.04. The van der Waals surface area contributed by atoms with Crippen molar-refractivity contribution in [2.24, 2.45) is 0 Å². The normalized spacial score (nSPS) is 21.4. The highest BCUT2D eigenvalue weighted by Gasteiger charge is 2.27. The molecule has 0 radical (unpaired) electrons. The second kappa shape index (κ2) is 7.82. The standard InChI is InChI=1S/C16H24F2N2O/c1-3-6-19-15(16-11-20(2)7-8-21-16)10-12-9-13(17)4-5-14(12)18/h4-5,9,15-16,19H,3,6-8,10-11H2,1-2H3. The van der Waals surface area contributed by atoms with Gasteiger partial charge in [-0.3, -0.25) is 0 Å². The lowest BCUT2D eigenvalue weighted by Crippen LogP contribution is -2.52. The molecule has 0 aromatic heterocycles. The summed E-state index contributed by atoms with van der Waals surface area (Å²) in [4.78, 5) is 2.21. The third kappa shape index (κ3) is 4.73. The number of rotatable bonds is 6. The quantitative estimate of drug-likeness (QED) is 0.871. The first-order valence-corrected chi connectivity index (χ1v) is 7.57. The molecule has 118 valence electrons. The number of morpholine rings is 1. The number of hydrogen-bond donors (Lipinski definition) is 1. The molecule has 0 spiro atoms. The number of halogens is 2. The molecule has 1 aromatic carbocycles. The Balaban J connectivity index is 2.09. The minimum Gasteiger partial charge on any atom is -0.374 e. The monoisotopic (exact) mass is 298 g/mol. The molecule has 1 aliphatic heterocycles. The first-order valence-electron chi connectivity index (χ1n) is 7.57. The zero-order valence-corrected chi connectivity index (χ0v) is 12.7. The molecule has 0 bridgehead atoms. The molecule has 1 heterocycles. The molecular formula is C16H24F2N2O. The molecule has 1 aromatic rings. The predicted molar refractivity (Wildman–Crippen MR) is 79.4 cm³/mol. The van der Waals surface area contributed by atoms with Crippen LogP contribution in [0.15, 0.2) is 18.2 Å². The number of benzene rings is 1. The molecule has 2 atom stereocenters. The predicted octanol–water partition coefficient (Wildman–Crippen LogP) is 2.21. The van der Waals surface area contributed by atoms with Crippen LogP contribution in [0.1, 0.15) is 18.9 Å². The molecule has 1 aliphatic rings. The lowest BCUT2D eigenvalue weighted by Gasteiger charge is -2.35. The molecule has 1 N–H and O–H groups in total. The van der Waals surface area contributed by atoms with Gasteiger partial charge in [0.25, 0.3) is 0 Å². The van der Waals surface area contributed by atoms with Gasteiger partial charge in [0.05, 0.1) is 12.7 Å². The first-order chi connectivity index (χ1) is 10.1. The Labute approximate surface area is 125 Å². The Morgan fingerprint density at radius 3 is 2.95 bits per heavy atom. The summed E-state index contributed by atoms with van der Waals surface area (Å²) in [5.41, 5.74) is 0.403. The maximum Gasteiger partial charge on any atom is 0.126 e. The number of hydrogen-bond acceptors (Lipinski definition) is 3. The van der Waals surface area contributed by atoms with Crippen LogP contribution in [-0.2, 0) is 11.2 Å². The Bertz CT molecular complexity index is 456. The van der Waals surface area contributed by atoms with E-state index in [2.05, 4.69) is 24.2 Å². The summed E-state index contributed by atoms with van der Waals surface area (Å²) in [7, 11) is 2.05. The van der Waals surface area contributed by atoms with Crippen molar-refractivity contribution in [1.29, 1.82) is 0 Å². The second-order valence-electron chi connectivity index (χ2n) is 5.67. The van der Waals surface area contributed by atoms with Gasteiger partial charge < -0.3 is 15.0 Å². The van der Waals surface area contributed by atoms with Gasteiger partial charge in [-0.25, -0.2) is 8.78 Å². The summed E-state index contributed by atoms with van der Waals surface area (Å²) in [6.07, 6.45) is 1.42. The Morgan fingerprint density at radius 2 is 2.24 bits per heavy atom. The van der Waals surface area contributed by atoms with Crippen molar-refractivity contribution in [2.45, 2.75) is 31.9 Å². The summed E-state index contributed by atoms with van der Waals surface area (Å²) < 4.78 is 33.0. The van der Waals surface area contributed by atoms with Gasteiger partial charge in [-0.15, -0.1) is 0 Å². The van der Waals surface area contributed by atoms with Gasteiger partial charge in [-0.1, -0.05) is 6.92 Å². The summed E-state index contributed by atoms with van der Waals surface area (Å²) in [5.74, 6) is -0.758. The van der Waals surface area contributed by atoms with Gasteiger partial charge in [-0.2, -0.15) is 0 Å². The van der Waals surface area contributed by atoms with E-state index in [0.717, 1.165) is 32.1 Å². The average Bonchev–Trinajstić information content (AvgIpc) is 2.47. The highest BCUT2D eigenvalue weighted by atomic mass is 19.1. The molecular weight excluding hydrogens is 274 g/mol. The van der Waals surface area contributed by atoms with Crippen LogP contribution in [0, 0.1) is 11.6 Å². The smallest absolute Gasteiger partial charge is 0.126 e. The lowest BCUT2D eigenvalue weighted by molar-refractivity contribution is -0.0384. The van der Waals surface area contributed by atoms with E-state index in [9.17, 15) is 8.78 Å². The molecule has 2 unspecified atom stereocenters. The van der Waals surface area contributed by atoms with Crippen LogP contribution in [0.4, 0.5) is 8.78 Å². The molecule has 21 heavy (non-hydrogen) atoms. The van der Waals surface area contributed by atoms with Gasteiger partial charge >= 0.3 is 0 Å². The third-order valence-electron chi connectivity index (χ3n) is 3.85.